The Morgan fingerprint density at radius 1 is 1.09 bits per heavy atom. The minimum Gasteiger partial charge on any atom is -0.306 e. The molecule has 2 aromatic heterocycles. The first kappa shape index (κ1) is 12.8. The second-order valence-corrected chi connectivity index (χ2v) is 5.28. The molecule has 1 aliphatic rings. The molecule has 3 aromatic rings. The van der Waals surface area contributed by atoms with Gasteiger partial charge in [-0.15, -0.1) is 0 Å². The number of amides is 2. The minimum atomic E-state index is -0.219. The van der Waals surface area contributed by atoms with Gasteiger partial charge in [0.2, 0.25) is 11.8 Å². The molecule has 1 aromatic carbocycles. The van der Waals surface area contributed by atoms with E-state index >= 15 is 0 Å². The molecule has 1 N–H and O–H groups in total. The molecule has 0 aliphatic carbocycles. The van der Waals surface area contributed by atoms with Crippen LogP contribution >= 0.6 is 0 Å². The summed E-state index contributed by atoms with van der Waals surface area (Å²) >= 11 is 0. The van der Waals surface area contributed by atoms with E-state index in [1.54, 1.807) is 28.9 Å². The van der Waals surface area contributed by atoms with Crippen LogP contribution in [0.1, 0.15) is 18.4 Å². The predicted octanol–water partition coefficient (Wildman–Crippen LogP) is 0.825. The van der Waals surface area contributed by atoms with Crippen LogP contribution in [0.25, 0.3) is 16.6 Å². The average Bonchev–Trinajstić information content (AvgIpc) is 3.06. The van der Waals surface area contributed by atoms with Gasteiger partial charge in [-0.1, -0.05) is 12.1 Å². The van der Waals surface area contributed by atoms with Gasteiger partial charge in [-0.2, -0.15) is 5.10 Å². The second-order valence-electron chi connectivity index (χ2n) is 5.28. The van der Waals surface area contributed by atoms with Gasteiger partial charge in [0.1, 0.15) is 5.65 Å². The van der Waals surface area contributed by atoms with Crippen LogP contribution in [-0.2, 0) is 16.1 Å². The van der Waals surface area contributed by atoms with Crippen molar-refractivity contribution in [2.75, 3.05) is 0 Å². The van der Waals surface area contributed by atoms with Crippen LogP contribution in [0.2, 0.25) is 0 Å². The molecule has 0 saturated carbocycles. The number of hydrogen-bond acceptors (Lipinski definition) is 4. The highest BCUT2D eigenvalue weighted by atomic mass is 16.2. The maximum Gasteiger partial charge on any atom is 0.259 e. The Bertz CT molecular complexity index is 969. The largest absolute Gasteiger partial charge is 0.306 e. The Labute approximate surface area is 124 Å². The fourth-order valence-electron chi connectivity index (χ4n) is 2.81. The summed E-state index contributed by atoms with van der Waals surface area (Å²) in [5.41, 5.74) is 1.62. The number of carbonyl (C=O) groups excluding carboxylic acids is 2. The van der Waals surface area contributed by atoms with Crippen molar-refractivity contribution >= 4 is 28.4 Å². The van der Waals surface area contributed by atoms with Crippen LogP contribution in [-0.4, -0.2) is 31.3 Å². The number of imide groups is 1. The number of H-pyrrole nitrogens is 1. The van der Waals surface area contributed by atoms with Crippen molar-refractivity contribution in [1.29, 1.82) is 0 Å². The molecule has 3 heterocycles. The second kappa shape index (κ2) is 4.52. The highest BCUT2D eigenvalue weighted by Crippen LogP contribution is 2.19. The molecule has 1 aliphatic heterocycles. The summed E-state index contributed by atoms with van der Waals surface area (Å²) in [4.78, 5) is 39.6. The van der Waals surface area contributed by atoms with E-state index in [2.05, 4.69) is 10.1 Å². The average molecular weight is 296 g/mol. The fraction of sp³-hybridized carbons (Fsp3) is 0.200. The van der Waals surface area contributed by atoms with Crippen LogP contribution in [0.4, 0.5) is 0 Å². The summed E-state index contributed by atoms with van der Waals surface area (Å²) in [5.74, 6) is -0.375. The summed E-state index contributed by atoms with van der Waals surface area (Å²) in [6, 6.07) is 7.15. The van der Waals surface area contributed by atoms with Crippen molar-refractivity contribution in [3.8, 4) is 0 Å². The number of aromatic nitrogens is 3. The third-order valence-electron chi connectivity index (χ3n) is 3.94. The summed E-state index contributed by atoms with van der Waals surface area (Å²) < 4.78 is 1.62. The van der Waals surface area contributed by atoms with Crippen LogP contribution in [0.5, 0.6) is 0 Å². The van der Waals surface area contributed by atoms with Gasteiger partial charge in [0.05, 0.1) is 23.6 Å². The number of nitrogens with zero attached hydrogens (tertiary/aromatic N) is 3. The summed E-state index contributed by atoms with van der Waals surface area (Å²) in [6.07, 6.45) is 2.07. The van der Waals surface area contributed by atoms with Crippen molar-refractivity contribution in [3.05, 3.63) is 46.4 Å². The number of carbonyl (C=O) groups is 2. The van der Waals surface area contributed by atoms with E-state index in [1.165, 1.54) is 4.90 Å². The third kappa shape index (κ3) is 1.75. The van der Waals surface area contributed by atoms with Crippen LogP contribution in [0.15, 0.2) is 35.3 Å². The molecule has 2 amide bonds. The standard InChI is InChI=1S/C15H12N4O3/c20-12-5-6-13(21)18(12)8-9-7-16-19-11-4-2-1-3-10(11)15(22)17-14(9)19/h1-4,7H,5-6,8H2,(H,17,22). The van der Waals surface area contributed by atoms with Crippen LogP contribution in [0.3, 0.4) is 0 Å². The van der Waals surface area contributed by atoms with E-state index < -0.39 is 0 Å². The van der Waals surface area contributed by atoms with Gasteiger partial charge < -0.3 is 4.98 Å². The van der Waals surface area contributed by atoms with Gasteiger partial charge in [-0.3, -0.25) is 19.3 Å². The first-order chi connectivity index (χ1) is 10.6. The minimum absolute atomic E-state index is 0.134. The smallest absolute Gasteiger partial charge is 0.259 e. The van der Waals surface area contributed by atoms with Gasteiger partial charge >= 0.3 is 0 Å². The van der Waals surface area contributed by atoms with E-state index in [1.807, 2.05) is 6.07 Å². The van der Waals surface area contributed by atoms with Crippen molar-refractivity contribution in [2.45, 2.75) is 19.4 Å². The maximum atomic E-state index is 12.2. The number of likely N-dealkylation sites (tertiary alicyclic amines) is 1. The van der Waals surface area contributed by atoms with Crippen molar-refractivity contribution < 1.29 is 9.59 Å². The zero-order chi connectivity index (χ0) is 15.3. The molecule has 4 rings (SSSR count). The lowest BCUT2D eigenvalue weighted by Gasteiger charge is -2.12. The van der Waals surface area contributed by atoms with Gasteiger partial charge in [0.25, 0.3) is 5.56 Å². The maximum absolute atomic E-state index is 12.2. The highest BCUT2D eigenvalue weighted by Gasteiger charge is 2.29. The summed E-state index contributed by atoms with van der Waals surface area (Å²) in [7, 11) is 0. The van der Waals surface area contributed by atoms with Gasteiger partial charge in [0, 0.05) is 18.4 Å². The first-order valence-corrected chi connectivity index (χ1v) is 6.96. The van der Waals surface area contributed by atoms with E-state index in [0.29, 0.717) is 22.1 Å². The topological polar surface area (TPSA) is 87.5 Å². The molecule has 0 spiro atoms. The number of benzene rings is 1. The molecule has 0 bridgehead atoms. The molecule has 110 valence electrons. The fourth-order valence-corrected chi connectivity index (χ4v) is 2.81. The SMILES string of the molecule is O=C1CCC(=O)N1Cc1cnn2c1[nH]c(=O)c1ccccc12. The molecule has 0 unspecified atom stereocenters. The quantitative estimate of drug-likeness (QED) is 0.709. The number of nitrogens with one attached hydrogen (secondary N) is 1. The molecule has 0 atom stereocenters. The van der Waals surface area contributed by atoms with Gasteiger partial charge in [-0.05, 0) is 12.1 Å². The van der Waals surface area contributed by atoms with Gasteiger partial charge in [0.15, 0.2) is 0 Å². The Hall–Kier alpha value is -2.96. The van der Waals surface area contributed by atoms with Crippen molar-refractivity contribution in [2.24, 2.45) is 0 Å². The Morgan fingerprint density at radius 2 is 1.82 bits per heavy atom. The Kier molecular flexibility index (Phi) is 2.62. The molecule has 1 fully saturated rings. The molecular formula is C15H12N4O3. The van der Waals surface area contributed by atoms with E-state index in [9.17, 15) is 14.4 Å². The monoisotopic (exact) mass is 296 g/mol. The summed E-state index contributed by atoms with van der Waals surface area (Å²) in [6.45, 7) is 0.134. The van der Waals surface area contributed by atoms with E-state index in [-0.39, 0.29) is 36.8 Å². The zero-order valence-electron chi connectivity index (χ0n) is 11.6. The molecular weight excluding hydrogens is 284 g/mol. The van der Waals surface area contributed by atoms with Crippen molar-refractivity contribution in [3.63, 3.8) is 0 Å². The number of rotatable bonds is 2. The number of para-hydroxylation sites is 1. The lowest BCUT2D eigenvalue weighted by atomic mass is 10.2. The Morgan fingerprint density at radius 3 is 2.59 bits per heavy atom. The van der Waals surface area contributed by atoms with E-state index in [0.717, 1.165) is 0 Å². The molecule has 1 saturated heterocycles. The lowest BCUT2D eigenvalue weighted by molar-refractivity contribution is -0.139. The van der Waals surface area contributed by atoms with E-state index in [4.69, 9.17) is 0 Å². The van der Waals surface area contributed by atoms with Crippen LogP contribution in [0, 0.1) is 0 Å². The van der Waals surface area contributed by atoms with Crippen LogP contribution < -0.4 is 5.56 Å². The molecule has 7 nitrogen and oxygen atoms in total. The number of aromatic amines is 1. The normalized spacial score (nSPS) is 15.4. The lowest BCUT2D eigenvalue weighted by Crippen LogP contribution is -2.28. The number of fused-ring (bicyclic) bond motifs is 3. The van der Waals surface area contributed by atoms with Crippen molar-refractivity contribution in [1.82, 2.24) is 19.5 Å². The van der Waals surface area contributed by atoms with Gasteiger partial charge in [-0.25, -0.2) is 4.52 Å². The number of hydrogen-bond donors (Lipinski definition) is 1. The molecule has 7 heteroatoms. The molecule has 22 heavy (non-hydrogen) atoms. The third-order valence-corrected chi connectivity index (χ3v) is 3.94. The Balaban J connectivity index is 1.88. The first-order valence-electron chi connectivity index (χ1n) is 6.96. The summed E-state index contributed by atoms with van der Waals surface area (Å²) in [5, 5.41) is 4.82. The zero-order valence-corrected chi connectivity index (χ0v) is 11.6. The highest BCUT2D eigenvalue weighted by molar-refractivity contribution is 6.01. The predicted molar refractivity (Wildman–Crippen MR) is 78.1 cm³/mol. The molecule has 0 radical (unpaired) electrons.